The van der Waals surface area contributed by atoms with Gasteiger partial charge in [-0.15, -0.1) is 0 Å². The molecule has 0 bridgehead atoms. The Hall–Kier alpha value is -2.24. The Morgan fingerprint density at radius 2 is 1.78 bits per heavy atom. The van der Waals surface area contributed by atoms with Crippen molar-refractivity contribution in [2.75, 3.05) is 26.1 Å². The van der Waals surface area contributed by atoms with E-state index in [-0.39, 0.29) is 11.8 Å². The largest absolute Gasteiger partial charge is 0.493 e. The van der Waals surface area contributed by atoms with Gasteiger partial charge in [0.25, 0.3) is 0 Å². The molecule has 6 nitrogen and oxygen atoms in total. The van der Waals surface area contributed by atoms with Crippen molar-refractivity contribution in [3.8, 4) is 11.5 Å². The summed E-state index contributed by atoms with van der Waals surface area (Å²) in [5.41, 5.74) is -0.349. The highest BCUT2D eigenvalue weighted by Crippen LogP contribution is 2.47. The summed E-state index contributed by atoms with van der Waals surface area (Å²) in [6.45, 7) is 4.61. The lowest BCUT2D eigenvalue weighted by Crippen LogP contribution is -2.41. The van der Waals surface area contributed by atoms with E-state index in [0.29, 0.717) is 42.5 Å². The smallest absolute Gasteiger partial charge is 0.240 e. The van der Waals surface area contributed by atoms with E-state index in [1.165, 1.54) is 7.11 Å². The van der Waals surface area contributed by atoms with Crippen molar-refractivity contribution >= 4 is 17.5 Å². The Balaban J connectivity index is 2.05. The Labute approximate surface area is 136 Å². The van der Waals surface area contributed by atoms with Gasteiger partial charge < -0.3 is 20.1 Å². The van der Waals surface area contributed by atoms with Crippen molar-refractivity contribution in [2.24, 2.45) is 11.3 Å². The third-order valence-electron chi connectivity index (χ3n) is 3.93. The first kappa shape index (κ1) is 17.1. The normalized spacial score (nSPS) is 15.0. The number of ether oxygens (including phenoxy) is 2. The molecular weight excluding hydrogens is 296 g/mol. The maximum Gasteiger partial charge on any atom is 0.240 e. The fraction of sp³-hybridized carbons (Fsp3) is 0.529. The van der Waals surface area contributed by atoms with Gasteiger partial charge in [-0.2, -0.15) is 0 Å². The van der Waals surface area contributed by atoms with Crippen LogP contribution in [0.15, 0.2) is 18.2 Å². The molecule has 126 valence electrons. The van der Waals surface area contributed by atoms with Crippen LogP contribution in [0.5, 0.6) is 11.5 Å². The number of amides is 2. The second kappa shape index (κ2) is 6.89. The van der Waals surface area contributed by atoms with Gasteiger partial charge in [-0.3, -0.25) is 9.59 Å². The van der Waals surface area contributed by atoms with Crippen molar-refractivity contribution in [2.45, 2.75) is 26.7 Å². The van der Waals surface area contributed by atoms with Crippen molar-refractivity contribution < 1.29 is 19.1 Å². The molecule has 2 N–H and O–H groups in total. The first-order valence-corrected chi connectivity index (χ1v) is 7.74. The summed E-state index contributed by atoms with van der Waals surface area (Å²) in [6, 6.07) is 5.12. The van der Waals surface area contributed by atoms with Crippen LogP contribution in [-0.2, 0) is 9.59 Å². The summed E-state index contributed by atoms with van der Waals surface area (Å²) < 4.78 is 10.4. The molecular formula is C17H24N2O4. The highest BCUT2D eigenvalue weighted by molar-refractivity contribution is 6.13. The van der Waals surface area contributed by atoms with Crippen LogP contribution >= 0.6 is 0 Å². The number of carbonyl (C=O) groups excluding carboxylic acids is 2. The second-order valence-corrected chi connectivity index (χ2v) is 6.21. The third kappa shape index (κ3) is 3.75. The minimum atomic E-state index is -0.929. The SMILES string of the molecule is COc1ccc(NC(=O)C2(C(=O)NCC(C)C)CC2)cc1OC. The van der Waals surface area contributed by atoms with Crippen LogP contribution in [0.3, 0.4) is 0 Å². The first-order chi connectivity index (χ1) is 10.9. The fourth-order valence-corrected chi connectivity index (χ4v) is 2.31. The average Bonchev–Trinajstić information content (AvgIpc) is 3.34. The number of hydrogen-bond donors (Lipinski definition) is 2. The van der Waals surface area contributed by atoms with Gasteiger partial charge >= 0.3 is 0 Å². The van der Waals surface area contributed by atoms with Crippen molar-refractivity contribution in [1.29, 1.82) is 0 Å². The van der Waals surface area contributed by atoms with Gasteiger partial charge in [0.15, 0.2) is 11.5 Å². The molecule has 0 heterocycles. The van der Waals surface area contributed by atoms with E-state index in [1.54, 1.807) is 25.3 Å². The van der Waals surface area contributed by atoms with Gasteiger partial charge in [0.1, 0.15) is 5.41 Å². The van der Waals surface area contributed by atoms with E-state index in [9.17, 15) is 9.59 Å². The summed E-state index contributed by atoms with van der Waals surface area (Å²) in [5.74, 6) is 1.000. The van der Waals surface area contributed by atoms with Crippen LogP contribution in [0.2, 0.25) is 0 Å². The third-order valence-corrected chi connectivity index (χ3v) is 3.93. The lowest BCUT2D eigenvalue weighted by atomic mass is 10.0. The molecule has 1 saturated carbocycles. The molecule has 23 heavy (non-hydrogen) atoms. The maximum atomic E-state index is 12.5. The molecule has 0 atom stereocenters. The van der Waals surface area contributed by atoms with Gasteiger partial charge in [-0.1, -0.05) is 13.8 Å². The van der Waals surface area contributed by atoms with E-state index in [0.717, 1.165) is 0 Å². The topological polar surface area (TPSA) is 76.7 Å². The van der Waals surface area contributed by atoms with Gasteiger partial charge in [0.2, 0.25) is 11.8 Å². The average molecular weight is 320 g/mol. The quantitative estimate of drug-likeness (QED) is 0.755. The van der Waals surface area contributed by atoms with E-state index >= 15 is 0 Å². The number of rotatable bonds is 7. The lowest BCUT2D eigenvalue weighted by molar-refractivity contribution is -0.134. The summed E-state index contributed by atoms with van der Waals surface area (Å²) in [6.07, 6.45) is 1.16. The monoisotopic (exact) mass is 320 g/mol. The van der Waals surface area contributed by atoms with E-state index < -0.39 is 5.41 Å². The Kier molecular flexibility index (Phi) is 5.13. The van der Waals surface area contributed by atoms with E-state index in [2.05, 4.69) is 10.6 Å². The molecule has 1 aliphatic rings. The zero-order valence-electron chi connectivity index (χ0n) is 14.1. The standard InChI is InChI=1S/C17H24N2O4/c1-11(2)10-18-15(20)17(7-8-17)16(21)19-12-5-6-13(22-3)14(9-12)23-4/h5-6,9,11H,7-8,10H2,1-4H3,(H,18,20)(H,19,21). The van der Waals surface area contributed by atoms with Crippen LogP contribution in [-0.4, -0.2) is 32.6 Å². The molecule has 1 aromatic rings. The fourth-order valence-electron chi connectivity index (χ4n) is 2.31. The molecule has 1 fully saturated rings. The Bertz CT molecular complexity index is 594. The molecule has 0 unspecified atom stereocenters. The molecule has 0 aliphatic heterocycles. The van der Waals surface area contributed by atoms with Crippen LogP contribution in [0.25, 0.3) is 0 Å². The van der Waals surface area contributed by atoms with Gasteiger partial charge in [0, 0.05) is 18.3 Å². The number of nitrogens with one attached hydrogen (secondary N) is 2. The number of benzene rings is 1. The predicted molar refractivity (Wildman–Crippen MR) is 87.7 cm³/mol. The zero-order valence-corrected chi connectivity index (χ0v) is 14.1. The van der Waals surface area contributed by atoms with Crippen LogP contribution in [0.1, 0.15) is 26.7 Å². The number of methoxy groups -OCH3 is 2. The van der Waals surface area contributed by atoms with Crippen molar-refractivity contribution in [3.05, 3.63) is 18.2 Å². The van der Waals surface area contributed by atoms with Crippen LogP contribution in [0, 0.1) is 11.3 Å². The summed E-state index contributed by atoms with van der Waals surface area (Å²) in [5, 5.41) is 5.65. The minimum absolute atomic E-state index is 0.191. The van der Waals surface area contributed by atoms with Crippen LogP contribution < -0.4 is 20.1 Å². The van der Waals surface area contributed by atoms with E-state index in [1.807, 2.05) is 13.8 Å². The molecule has 2 rings (SSSR count). The lowest BCUT2D eigenvalue weighted by Gasteiger charge is -2.17. The minimum Gasteiger partial charge on any atom is -0.493 e. The predicted octanol–water partition coefficient (Wildman–Crippen LogP) is 2.19. The summed E-state index contributed by atoms with van der Waals surface area (Å²) in [7, 11) is 3.08. The molecule has 1 aliphatic carbocycles. The Morgan fingerprint density at radius 3 is 2.30 bits per heavy atom. The molecule has 0 radical (unpaired) electrons. The van der Waals surface area contributed by atoms with Crippen LogP contribution in [0.4, 0.5) is 5.69 Å². The summed E-state index contributed by atoms with van der Waals surface area (Å²) in [4.78, 5) is 24.8. The molecule has 0 aromatic heterocycles. The molecule has 2 amide bonds. The molecule has 0 spiro atoms. The molecule has 1 aromatic carbocycles. The zero-order chi connectivity index (χ0) is 17.0. The first-order valence-electron chi connectivity index (χ1n) is 7.74. The number of carbonyl (C=O) groups is 2. The molecule has 6 heteroatoms. The number of anilines is 1. The second-order valence-electron chi connectivity index (χ2n) is 6.21. The molecule has 0 saturated heterocycles. The highest BCUT2D eigenvalue weighted by Gasteiger charge is 2.56. The van der Waals surface area contributed by atoms with E-state index in [4.69, 9.17) is 9.47 Å². The highest BCUT2D eigenvalue weighted by atomic mass is 16.5. The summed E-state index contributed by atoms with van der Waals surface area (Å²) >= 11 is 0. The Morgan fingerprint density at radius 1 is 1.13 bits per heavy atom. The van der Waals surface area contributed by atoms with Gasteiger partial charge in [-0.25, -0.2) is 0 Å². The van der Waals surface area contributed by atoms with Crippen molar-refractivity contribution in [1.82, 2.24) is 5.32 Å². The maximum absolute atomic E-state index is 12.5. The number of hydrogen-bond acceptors (Lipinski definition) is 4. The van der Waals surface area contributed by atoms with Gasteiger partial charge in [-0.05, 0) is 30.9 Å². The van der Waals surface area contributed by atoms with Gasteiger partial charge in [0.05, 0.1) is 14.2 Å². The van der Waals surface area contributed by atoms with Crippen molar-refractivity contribution in [3.63, 3.8) is 0 Å².